The number of amides is 1. The molecule has 10 heteroatoms. The van der Waals surface area contributed by atoms with Crippen molar-refractivity contribution < 1.29 is 37.5 Å². The average molecular weight is 439 g/mol. The third-order valence-corrected chi connectivity index (χ3v) is 5.02. The summed E-state index contributed by atoms with van der Waals surface area (Å²) in [7, 11) is -0.912. The van der Waals surface area contributed by atoms with Crippen LogP contribution in [-0.4, -0.2) is 47.6 Å². The normalized spacial score (nSPS) is 18.1. The third-order valence-electron chi connectivity index (χ3n) is 5.02. The van der Waals surface area contributed by atoms with Gasteiger partial charge >= 0.3 is 19.2 Å². The second-order valence-electron chi connectivity index (χ2n) is 9.33. The maximum atomic E-state index is 14.1. The Morgan fingerprint density at radius 2 is 1.61 bits per heavy atom. The van der Waals surface area contributed by atoms with Crippen molar-refractivity contribution in [2.45, 2.75) is 65.3 Å². The van der Waals surface area contributed by atoms with Crippen LogP contribution in [0, 0.1) is 11.6 Å². The molecule has 2 N–H and O–H groups in total. The average Bonchev–Trinajstić information content (AvgIpc) is 2.76. The first-order valence-corrected chi connectivity index (χ1v) is 9.78. The SMILES string of the molecule is CC(C)(C)OC(=O)NCC(=Cc1cc(F)c(C(=O)O)c(F)c1)B1OC(C)(C)C(C)(C)O1. The summed E-state index contributed by atoms with van der Waals surface area (Å²) in [4.78, 5) is 23.1. The number of nitrogens with one attached hydrogen (secondary N) is 1. The Labute approximate surface area is 180 Å². The number of alkyl carbamates (subject to hydrolysis) is 1. The van der Waals surface area contributed by atoms with Crippen LogP contribution in [0.25, 0.3) is 6.08 Å². The minimum Gasteiger partial charge on any atom is -0.477 e. The molecule has 1 amide bonds. The molecule has 1 aliphatic rings. The summed E-state index contributed by atoms with van der Waals surface area (Å²) in [6.45, 7) is 12.4. The van der Waals surface area contributed by atoms with Crippen LogP contribution >= 0.6 is 0 Å². The minimum atomic E-state index is -1.71. The van der Waals surface area contributed by atoms with E-state index in [2.05, 4.69) is 5.32 Å². The van der Waals surface area contributed by atoms with Gasteiger partial charge in [-0.15, -0.1) is 0 Å². The van der Waals surface area contributed by atoms with Gasteiger partial charge < -0.3 is 24.5 Å². The van der Waals surface area contributed by atoms with Gasteiger partial charge in [-0.05, 0) is 71.6 Å². The number of rotatable bonds is 5. The lowest BCUT2D eigenvalue weighted by atomic mass is 9.77. The number of benzene rings is 1. The Morgan fingerprint density at radius 3 is 2.03 bits per heavy atom. The molecule has 0 bridgehead atoms. The fraction of sp³-hybridized carbons (Fsp3) is 0.524. The number of carboxylic acids is 1. The van der Waals surface area contributed by atoms with Crippen molar-refractivity contribution in [2.75, 3.05) is 6.54 Å². The van der Waals surface area contributed by atoms with Crippen LogP contribution in [0.2, 0.25) is 0 Å². The summed E-state index contributed by atoms with van der Waals surface area (Å²) < 4.78 is 45.5. The second-order valence-corrected chi connectivity index (χ2v) is 9.33. The first kappa shape index (κ1) is 24.8. The molecule has 1 fully saturated rings. The highest BCUT2D eigenvalue weighted by Gasteiger charge is 2.52. The summed E-state index contributed by atoms with van der Waals surface area (Å²) in [5.41, 5.74) is -2.71. The molecule has 0 aliphatic carbocycles. The van der Waals surface area contributed by atoms with E-state index in [1.54, 1.807) is 20.8 Å². The van der Waals surface area contributed by atoms with E-state index in [4.69, 9.17) is 19.2 Å². The Bertz CT molecular complexity index is 869. The third kappa shape index (κ3) is 6.04. The molecule has 7 nitrogen and oxygen atoms in total. The number of carbonyl (C=O) groups is 2. The van der Waals surface area contributed by atoms with Crippen LogP contribution in [0.1, 0.15) is 64.4 Å². The highest BCUT2D eigenvalue weighted by Crippen LogP contribution is 2.38. The lowest BCUT2D eigenvalue weighted by Crippen LogP contribution is -2.41. The van der Waals surface area contributed by atoms with Gasteiger partial charge in [0.1, 0.15) is 22.8 Å². The smallest absolute Gasteiger partial charge is 0.477 e. The van der Waals surface area contributed by atoms with E-state index in [-0.39, 0.29) is 12.1 Å². The van der Waals surface area contributed by atoms with Crippen LogP contribution < -0.4 is 5.32 Å². The Balaban J connectivity index is 2.38. The number of carbonyl (C=O) groups excluding carboxylic acids is 1. The maximum absolute atomic E-state index is 14.1. The van der Waals surface area contributed by atoms with Crippen molar-refractivity contribution in [1.29, 1.82) is 0 Å². The minimum absolute atomic E-state index is 0.0516. The van der Waals surface area contributed by atoms with Crippen LogP contribution in [0.3, 0.4) is 0 Å². The summed E-state index contributed by atoms with van der Waals surface area (Å²) in [6.07, 6.45) is 0.700. The number of ether oxygens (including phenoxy) is 1. The highest BCUT2D eigenvalue weighted by atomic mass is 19.1. The van der Waals surface area contributed by atoms with Gasteiger partial charge in [-0.2, -0.15) is 0 Å². The lowest BCUT2D eigenvalue weighted by molar-refractivity contribution is 0.00578. The van der Waals surface area contributed by atoms with Gasteiger partial charge in [-0.3, -0.25) is 0 Å². The zero-order valence-electron chi connectivity index (χ0n) is 18.8. The monoisotopic (exact) mass is 439 g/mol. The molecule has 1 aliphatic heterocycles. The second kappa shape index (κ2) is 8.59. The molecule has 2 rings (SSSR count). The van der Waals surface area contributed by atoms with E-state index in [1.807, 2.05) is 27.7 Å². The van der Waals surface area contributed by atoms with Gasteiger partial charge in [-0.25, -0.2) is 18.4 Å². The molecule has 31 heavy (non-hydrogen) atoms. The summed E-state index contributed by atoms with van der Waals surface area (Å²) in [5.74, 6) is -4.14. The first-order chi connectivity index (χ1) is 14.0. The predicted octanol–water partition coefficient (Wildman–Crippen LogP) is 4.20. The fourth-order valence-electron chi connectivity index (χ4n) is 2.78. The number of carboxylic acid groups (broad SMARTS) is 1. The maximum Gasteiger partial charge on any atom is 0.492 e. The standard InChI is InChI=1S/C21H28BF2NO6/c1-19(2,3)29-18(28)25-11-13(22-30-20(4,5)21(6,7)31-22)8-12-9-14(23)16(17(26)27)15(24)10-12/h8-10H,11H2,1-7H3,(H,25,28)(H,26,27). The molecule has 1 heterocycles. The van der Waals surface area contributed by atoms with Gasteiger partial charge in [0.15, 0.2) is 0 Å². The molecule has 1 aromatic rings. The fourth-order valence-corrected chi connectivity index (χ4v) is 2.78. The molecule has 1 saturated heterocycles. The molecular formula is C21H28BF2NO6. The van der Waals surface area contributed by atoms with E-state index in [1.165, 1.54) is 6.08 Å². The lowest BCUT2D eigenvalue weighted by Gasteiger charge is -2.32. The molecule has 170 valence electrons. The largest absolute Gasteiger partial charge is 0.492 e. The van der Waals surface area contributed by atoms with Gasteiger partial charge in [-0.1, -0.05) is 6.08 Å². The molecule has 1 aromatic carbocycles. The molecule has 0 radical (unpaired) electrons. The zero-order chi connectivity index (χ0) is 23.8. The topological polar surface area (TPSA) is 94.1 Å². The Hall–Kier alpha value is -2.46. The number of aromatic carboxylic acids is 1. The van der Waals surface area contributed by atoms with E-state index in [0.29, 0.717) is 5.47 Å². The number of halogens is 2. The molecule has 0 atom stereocenters. The van der Waals surface area contributed by atoms with Crippen LogP contribution in [0.4, 0.5) is 13.6 Å². The Kier molecular flexibility index (Phi) is 6.87. The highest BCUT2D eigenvalue weighted by molar-refractivity contribution is 6.56. The van der Waals surface area contributed by atoms with Gasteiger partial charge in [0.05, 0.1) is 11.2 Å². The van der Waals surface area contributed by atoms with E-state index in [0.717, 1.165) is 12.1 Å². The van der Waals surface area contributed by atoms with Crippen molar-refractivity contribution in [3.05, 3.63) is 40.4 Å². The molecule has 0 unspecified atom stereocenters. The quantitative estimate of drug-likeness (QED) is 0.668. The van der Waals surface area contributed by atoms with Crippen LogP contribution in [0.5, 0.6) is 0 Å². The summed E-state index contributed by atoms with van der Waals surface area (Å²) in [6, 6.07) is 1.79. The van der Waals surface area contributed by atoms with E-state index in [9.17, 15) is 18.4 Å². The molecular weight excluding hydrogens is 411 g/mol. The van der Waals surface area contributed by atoms with Gasteiger partial charge in [0.25, 0.3) is 0 Å². The van der Waals surface area contributed by atoms with Crippen LogP contribution in [-0.2, 0) is 14.0 Å². The van der Waals surface area contributed by atoms with E-state index >= 15 is 0 Å². The van der Waals surface area contributed by atoms with Crippen molar-refractivity contribution >= 4 is 25.3 Å². The van der Waals surface area contributed by atoms with Crippen molar-refractivity contribution in [1.82, 2.24) is 5.32 Å². The number of hydrogen-bond acceptors (Lipinski definition) is 5. The predicted molar refractivity (Wildman–Crippen MR) is 112 cm³/mol. The molecule has 0 aromatic heterocycles. The van der Waals surface area contributed by atoms with Gasteiger partial charge in [0.2, 0.25) is 0 Å². The first-order valence-electron chi connectivity index (χ1n) is 9.78. The Morgan fingerprint density at radius 1 is 1.13 bits per heavy atom. The van der Waals surface area contributed by atoms with Crippen molar-refractivity contribution in [2.24, 2.45) is 0 Å². The van der Waals surface area contributed by atoms with Gasteiger partial charge in [0, 0.05) is 6.54 Å². The summed E-state index contributed by atoms with van der Waals surface area (Å²) >= 11 is 0. The molecule has 0 spiro atoms. The zero-order valence-corrected chi connectivity index (χ0v) is 18.8. The van der Waals surface area contributed by atoms with Crippen molar-refractivity contribution in [3.8, 4) is 0 Å². The number of hydrogen-bond donors (Lipinski definition) is 2. The van der Waals surface area contributed by atoms with E-state index < -0.39 is 53.2 Å². The summed E-state index contributed by atoms with van der Waals surface area (Å²) in [5, 5.41) is 11.5. The molecule has 0 saturated carbocycles. The van der Waals surface area contributed by atoms with Crippen molar-refractivity contribution in [3.63, 3.8) is 0 Å². The van der Waals surface area contributed by atoms with Crippen LogP contribution in [0.15, 0.2) is 17.6 Å².